The predicted molar refractivity (Wildman–Crippen MR) is 219 cm³/mol. The number of thiophene rings is 1. The van der Waals surface area contributed by atoms with E-state index in [-0.39, 0.29) is 0 Å². The van der Waals surface area contributed by atoms with Gasteiger partial charge in [-0.3, -0.25) is 0 Å². The zero-order valence-corrected chi connectivity index (χ0v) is 28.4. The van der Waals surface area contributed by atoms with Crippen LogP contribution >= 0.6 is 11.3 Å². The molecule has 0 amide bonds. The molecular formula is C48H30N2S. The third kappa shape index (κ3) is 4.29. The third-order valence-corrected chi connectivity index (χ3v) is 11.7. The van der Waals surface area contributed by atoms with E-state index in [9.17, 15) is 0 Å². The van der Waals surface area contributed by atoms with E-state index in [1.54, 1.807) is 0 Å². The molecule has 0 fully saturated rings. The summed E-state index contributed by atoms with van der Waals surface area (Å²) in [4.78, 5) is 0. The lowest BCUT2D eigenvalue weighted by Gasteiger charge is -2.11. The SMILES string of the molecule is c1ccc(-c2ccc3c4cc(-c5ccc6c(c5)c5ccccc5n6-c5cccc6sc7ccccc7c56)ccc4n(-c4ccccc4)c3c2)cc1. The largest absolute Gasteiger partial charge is 0.309 e. The van der Waals surface area contributed by atoms with Gasteiger partial charge in [-0.15, -0.1) is 11.3 Å². The smallest absolute Gasteiger partial charge is 0.0555 e. The maximum Gasteiger partial charge on any atom is 0.0555 e. The van der Waals surface area contributed by atoms with Crippen LogP contribution in [0.5, 0.6) is 0 Å². The molecule has 3 heterocycles. The highest BCUT2D eigenvalue weighted by molar-refractivity contribution is 7.25. The lowest BCUT2D eigenvalue weighted by Crippen LogP contribution is -1.94. The number of aromatic nitrogens is 2. The highest BCUT2D eigenvalue weighted by atomic mass is 32.1. The van der Waals surface area contributed by atoms with Gasteiger partial charge in [-0.2, -0.15) is 0 Å². The normalized spacial score (nSPS) is 11.9. The van der Waals surface area contributed by atoms with Crippen molar-refractivity contribution in [3.8, 4) is 33.6 Å². The Bertz CT molecular complexity index is 3130. The average molecular weight is 667 g/mol. The van der Waals surface area contributed by atoms with Gasteiger partial charge in [0.2, 0.25) is 0 Å². The summed E-state index contributed by atoms with van der Waals surface area (Å²) < 4.78 is 7.52. The average Bonchev–Trinajstić information content (AvgIpc) is 3.85. The Morgan fingerprint density at radius 3 is 1.67 bits per heavy atom. The van der Waals surface area contributed by atoms with Crippen LogP contribution in [0.3, 0.4) is 0 Å². The number of hydrogen-bond donors (Lipinski definition) is 0. The zero-order valence-electron chi connectivity index (χ0n) is 27.6. The van der Waals surface area contributed by atoms with Crippen LogP contribution in [-0.2, 0) is 0 Å². The molecule has 2 nitrogen and oxygen atoms in total. The van der Waals surface area contributed by atoms with E-state index in [2.05, 4.69) is 191 Å². The topological polar surface area (TPSA) is 9.86 Å². The van der Waals surface area contributed by atoms with Gasteiger partial charge in [-0.05, 0) is 89.0 Å². The van der Waals surface area contributed by atoms with Crippen molar-refractivity contribution in [3.63, 3.8) is 0 Å². The van der Waals surface area contributed by atoms with Crippen molar-refractivity contribution in [2.24, 2.45) is 0 Å². The van der Waals surface area contributed by atoms with Crippen LogP contribution in [-0.4, -0.2) is 9.13 Å². The van der Waals surface area contributed by atoms with Gasteiger partial charge in [0.05, 0.1) is 27.8 Å². The summed E-state index contributed by atoms with van der Waals surface area (Å²) in [7, 11) is 0. The van der Waals surface area contributed by atoms with Crippen LogP contribution in [0.4, 0.5) is 0 Å². The summed E-state index contributed by atoms with van der Waals surface area (Å²) in [5.74, 6) is 0. The lowest BCUT2D eigenvalue weighted by atomic mass is 9.99. The Balaban J connectivity index is 1.13. The molecule has 8 aromatic carbocycles. The standard InChI is InChI=1S/C48H30N2S/c1-3-12-31(13-4-1)34-22-25-37-40-29-32(23-26-42(40)49(45(37)30-34)35-14-5-2-6-15-35)33-24-27-43-39(28-33)36-16-7-9-18-41(36)50(43)44-19-11-21-47-48(44)38-17-8-10-20-46(38)51-47/h1-30H. The van der Waals surface area contributed by atoms with Gasteiger partial charge in [0, 0.05) is 47.4 Å². The van der Waals surface area contributed by atoms with E-state index in [0.29, 0.717) is 0 Å². The molecule has 0 bridgehead atoms. The van der Waals surface area contributed by atoms with Crippen LogP contribution in [0.2, 0.25) is 0 Å². The van der Waals surface area contributed by atoms with Gasteiger partial charge >= 0.3 is 0 Å². The molecule has 0 aliphatic rings. The van der Waals surface area contributed by atoms with Crippen LogP contribution in [0.25, 0.3) is 97.4 Å². The summed E-state index contributed by atoms with van der Waals surface area (Å²) >= 11 is 1.87. The number of rotatable bonds is 4. The third-order valence-electron chi connectivity index (χ3n) is 10.5. The Kier molecular flexibility index (Phi) is 6.16. The van der Waals surface area contributed by atoms with E-state index in [4.69, 9.17) is 0 Å². The van der Waals surface area contributed by atoms with E-state index in [1.165, 1.54) is 91.7 Å². The van der Waals surface area contributed by atoms with Crippen molar-refractivity contribution in [1.82, 2.24) is 9.13 Å². The second kappa shape index (κ2) is 11.0. The molecule has 11 aromatic rings. The molecule has 0 atom stereocenters. The van der Waals surface area contributed by atoms with Crippen molar-refractivity contribution >= 4 is 75.1 Å². The molecule has 0 aliphatic heterocycles. The Morgan fingerprint density at radius 2 is 0.882 bits per heavy atom. The van der Waals surface area contributed by atoms with Crippen molar-refractivity contribution in [2.45, 2.75) is 0 Å². The summed E-state index contributed by atoms with van der Waals surface area (Å²) in [6, 6.07) is 66.6. The number of para-hydroxylation sites is 2. The molecule has 11 rings (SSSR count). The summed E-state index contributed by atoms with van der Waals surface area (Å²) in [5, 5.41) is 7.67. The molecule has 51 heavy (non-hydrogen) atoms. The Hall–Kier alpha value is -6.42. The first kappa shape index (κ1) is 28.4. The van der Waals surface area contributed by atoms with Crippen molar-refractivity contribution in [2.75, 3.05) is 0 Å². The fourth-order valence-electron chi connectivity index (χ4n) is 8.22. The van der Waals surface area contributed by atoms with Gasteiger partial charge in [0.25, 0.3) is 0 Å². The van der Waals surface area contributed by atoms with Gasteiger partial charge < -0.3 is 9.13 Å². The van der Waals surface area contributed by atoms with Crippen LogP contribution < -0.4 is 0 Å². The van der Waals surface area contributed by atoms with E-state index in [0.717, 1.165) is 5.69 Å². The van der Waals surface area contributed by atoms with E-state index < -0.39 is 0 Å². The van der Waals surface area contributed by atoms with Crippen molar-refractivity contribution in [1.29, 1.82) is 0 Å². The van der Waals surface area contributed by atoms with Gasteiger partial charge in [-0.25, -0.2) is 0 Å². The van der Waals surface area contributed by atoms with E-state index >= 15 is 0 Å². The molecule has 0 spiro atoms. The quantitative estimate of drug-likeness (QED) is 0.177. The second-order valence-electron chi connectivity index (χ2n) is 13.3. The highest BCUT2D eigenvalue weighted by Crippen LogP contribution is 2.42. The molecule has 0 N–H and O–H groups in total. The molecule has 238 valence electrons. The fraction of sp³-hybridized carbons (Fsp3) is 0. The fourth-order valence-corrected chi connectivity index (χ4v) is 9.35. The molecule has 0 saturated carbocycles. The molecular weight excluding hydrogens is 637 g/mol. The van der Waals surface area contributed by atoms with Gasteiger partial charge in [0.15, 0.2) is 0 Å². The molecule has 0 radical (unpaired) electrons. The van der Waals surface area contributed by atoms with Gasteiger partial charge in [0.1, 0.15) is 0 Å². The second-order valence-corrected chi connectivity index (χ2v) is 14.4. The number of fused-ring (bicyclic) bond motifs is 9. The van der Waals surface area contributed by atoms with Gasteiger partial charge in [-0.1, -0.05) is 115 Å². The molecule has 0 aliphatic carbocycles. The van der Waals surface area contributed by atoms with Crippen LogP contribution in [0, 0.1) is 0 Å². The minimum Gasteiger partial charge on any atom is -0.309 e. The lowest BCUT2D eigenvalue weighted by molar-refractivity contribution is 1.18. The van der Waals surface area contributed by atoms with Crippen molar-refractivity contribution in [3.05, 3.63) is 182 Å². The number of benzene rings is 8. The summed E-state index contributed by atoms with van der Waals surface area (Å²) in [5.41, 5.74) is 12.1. The first-order valence-corrected chi connectivity index (χ1v) is 18.3. The first-order valence-electron chi connectivity index (χ1n) is 17.4. The minimum atomic E-state index is 1.16. The number of hydrogen-bond acceptors (Lipinski definition) is 1. The monoisotopic (exact) mass is 666 g/mol. The highest BCUT2D eigenvalue weighted by Gasteiger charge is 2.19. The molecule has 0 saturated heterocycles. The molecule has 0 unspecified atom stereocenters. The maximum absolute atomic E-state index is 2.47. The molecule has 3 aromatic heterocycles. The molecule has 3 heteroatoms. The number of nitrogens with zero attached hydrogens (tertiary/aromatic N) is 2. The summed E-state index contributed by atoms with van der Waals surface area (Å²) in [6.45, 7) is 0. The Morgan fingerprint density at radius 1 is 0.314 bits per heavy atom. The van der Waals surface area contributed by atoms with Crippen molar-refractivity contribution < 1.29 is 0 Å². The predicted octanol–water partition coefficient (Wildman–Crippen LogP) is 13.6. The van der Waals surface area contributed by atoms with Crippen LogP contribution in [0.15, 0.2) is 182 Å². The first-order chi connectivity index (χ1) is 25.3. The summed E-state index contributed by atoms with van der Waals surface area (Å²) in [6.07, 6.45) is 0. The minimum absolute atomic E-state index is 1.16. The van der Waals surface area contributed by atoms with E-state index in [1.807, 2.05) is 11.3 Å². The Labute approximate surface area is 298 Å². The zero-order chi connectivity index (χ0) is 33.5. The van der Waals surface area contributed by atoms with Crippen LogP contribution in [0.1, 0.15) is 0 Å². The maximum atomic E-state index is 2.47.